The first kappa shape index (κ1) is 11.1. The third kappa shape index (κ3) is 2.41. The maximum Gasteiger partial charge on any atom is 0.309 e. The summed E-state index contributed by atoms with van der Waals surface area (Å²) in [4.78, 5) is 12.1. The Kier molecular flexibility index (Phi) is 3.43. The normalized spacial score (nSPS) is 26.5. The smallest absolute Gasteiger partial charge is 0.309 e. The van der Waals surface area contributed by atoms with E-state index in [2.05, 4.69) is 15.9 Å². The molecule has 2 unspecified atom stereocenters. The Labute approximate surface area is 100 Å². The summed E-state index contributed by atoms with van der Waals surface area (Å²) < 4.78 is 6.57. The molecule has 1 saturated heterocycles. The first-order valence-corrected chi connectivity index (χ1v) is 6.39. The number of halogens is 1. The number of carboxylic acids is 1. The first-order chi connectivity index (χ1) is 7.18. The summed E-state index contributed by atoms with van der Waals surface area (Å²) in [5, 5.41) is 9.09. The highest BCUT2D eigenvalue weighted by Crippen LogP contribution is 2.38. The minimum Gasteiger partial charge on any atom is -0.481 e. The van der Waals surface area contributed by atoms with Gasteiger partial charge in [0.2, 0.25) is 0 Å². The van der Waals surface area contributed by atoms with Crippen LogP contribution in [0.25, 0.3) is 0 Å². The van der Waals surface area contributed by atoms with Crippen molar-refractivity contribution in [2.45, 2.75) is 18.9 Å². The van der Waals surface area contributed by atoms with Gasteiger partial charge in [-0.25, -0.2) is 0 Å². The highest BCUT2D eigenvalue weighted by atomic mass is 79.9. The van der Waals surface area contributed by atoms with E-state index in [1.807, 2.05) is 12.1 Å². The van der Waals surface area contributed by atoms with E-state index in [0.29, 0.717) is 13.0 Å². The van der Waals surface area contributed by atoms with Crippen molar-refractivity contribution in [2.24, 2.45) is 5.92 Å². The van der Waals surface area contributed by atoms with Crippen molar-refractivity contribution in [3.05, 3.63) is 20.8 Å². The van der Waals surface area contributed by atoms with Gasteiger partial charge in [-0.15, -0.1) is 11.3 Å². The third-order valence-electron chi connectivity index (χ3n) is 2.51. The zero-order valence-electron chi connectivity index (χ0n) is 7.98. The average Bonchev–Trinajstić information content (AvgIpc) is 2.65. The van der Waals surface area contributed by atoms with Gasteiger partial charge < -0.3 is 9.84 Å². The fraction of sp³-hybridized carbons (Fsp3) is 0.500. The predicted octanol–water partition coefficient (Wildman–Crippen LogP) is 3.06. The minimum absolute atomic E-state index is 0.271. The molecule has 2 heterocycles. The van der Waals surface area contributed by atoms with Gasteiger partial charge in [0.25, 0.3) is 0 Å². The van der Waals surface area contributed by atoms with E-state index in [1.165, 1.54) is 0 Å². The second-order valence-electron chi connectivity index (χ2n) is 3.52. The lowest BCUT2D eigenvalue weighted by Gasteiger charge is -2.27. The molecule has 3 nitrogen and oxygen atoms in total. The maximum atomic E-state index is 11.1. The molecule has 1 aliphatic heterocycles. The monoisotopic (exact) mass is 290 g/mol. The highest BCUT2D eigenvalue weighted by Gasteiger charge is 2.33. The molecule has 15 heavy (non-hydrogen) atoms. The van der Waals surface area contributed by atoms with Crippen molar-refractivity contribution >= 4 is 33.2 Å². The standard InChI is InChI=1S/C10H11BrO3S/c11-8-4-3-7(15-8)9-6(10(12)13)2-1-5-14-9/h3-4,6,9H,1-2,5H2,(H,12,13). The Bertz CT molecular complexity index is 363. The zero-order valence-corrected chi connectivity index (χ0v) is 10.4. The summed E-state index contributed by atoms with van der Waals surface area (Å²) in [6.07, 6.45) is 1.27. The quantitative estimate of drug-likeness (QED) is 0.911. The van der Waals surface area contributed by atoms with Crippen LogP contribution in [0.5, 0.6) is 0 Å². The van der Waals surface area contributed by atoms with Gasteiger partial charge in [-0.3, -0.25) is 4.79 Å². The van der Waals surface area contributed by atoms with Gasteiger partial charge in [0.05, 0.1) is 9.70 Å². The predicted molar refractivity (Wildman–Crippen MR) is 61.1 cm³/mol. The molecule has 2 atom stereocenters. The van der Waals surface area contributed by atoms with E-state index in [9.17, 15) is 4.79 Å². The maximum absolute atomic E-state index is 11.1. The topological polar surface area (TPSA) is 46.5 Å². The Hall–Kier alpha value is -0.390. The molecule has 1 aliphatic rings. The van der Waals surface area contributed by atoms with Crippen LogP contribution in [0, 0.1) is 5.92 Å². The van der Waals surface area contributed by atoms with Crippen LogP contribution in [0.3, 0.4) is 0 Å². The molecule has 0 spiro atoms. The molecule has 0 aromatic carbocycles. The Morgan fingerprint density at radius 3 is 3.00 bits per heavy atom. The summed E-state index contributed by atoms with van der Waals surface area (Å²) >= 11 is 4.92. The van der Waals surface area contributed by atoms with Crippen LogP contribution in [-0.4, -0.2) is 17.7 Å². The number of carbonyl (C=O) groups is 1. The molecular formula is C10H11BrO3S. The second-order valence-corrected chi connectivity index (χ2v) is 6.01. The Balaban J connectivity index is 2.21. The number of carboxylic acid groups (broad SMARTS) is 1. The van der Waals surface area contributed by atoms with Crippen molar-refractivity contribution in [2.75, 3.05) is 6.61 Å². The first-order valence-electron chi connectivity index (χ1n) is 4.78. The molecule has 1 N–H and O–H groups in total. The number of aliphatic carboxylic acids is 1. The summed E-state index contributed by atoms with van der Waals surface area (Å²) in [5.74, 6) is -1.16. The van der Waals surface area contributed by atoms with Crippen molar-refractivity contribution in [3.8, 4) is 0 Å². The number of rotatable bonds is 2. The summed E-state index contributed by atoms with van der Waals surface area (Å²) in [5.41, 5.74) is 0. The lowest BCUT2D eigenvalue weighted by molar-refractivity contribution is -0.151. The van der Waals surface area contributed by atoms with Crippen LogP contribution in [0.1, 0.15) is 23.8 Å². The lowest BCUT2D eigenvalue weighted by Crippen LogP contribution is -2.28. The van der Waals surface area contributed by atoms with Crippen molar-refractivity contribution < 1.29 is 14.6 Å². The molecule has 0 amide bonds. The Morgan fingerprint density at radius 1 is 1.60 bits per heavy atom. The average molecular weight is 291 g/mol. The Morgan fingerprint density at radius 2 is 2.40 bits per heavy atom. The van der Waals surface area contributed by atoms with Crippen LogP contribution in [0.4, 0.5) is 0 Å². The molecule has 82 valence electrons. The molecule has 1 aromatic heterocycles. The molecular weight excluding hydrogens is 280 g/mol. The van der Waals surface area contributed by atoms with Crippen LogP contribution < -0.4 is 0 Å². The second kappa shape index (κ2) is 4.63. The molecule has 1 fully saturated rings. The molecule has 0 aliphatic carbocycles. The van der Waals surface area contributed by atoms with Gasteiger partial charge in [0.15, 0.2) is 0 Å². The molecule has 2 rings (SSSR count). The molecule has 0 saturated carbocycles. The van der Waals surface area contributed by atoms with E-state index in [-0.39, 0.29) is 6.10 Å². The molecule has 0 radical (unpaired) electrons. The fourth-order valence-electron chi connectivity index (χ4n) is 1.80. The van der Waals surface area contributed by atoms with Gasteiger partial charge in [0, 0.05) is 11.5 Å². The zero-order chi connectivity index (χ0) is 10.8. The molecule has 1 aromatic rings. The number of thiophene rings is 1. The van der Waals surface area contributed by atoms with Crippen LogP contribution in [-0.2, 0) is 9.53 Å². The fourth-order valence-corrected chi connectivity index (χ4v) is 3.33. The van der Waals surface area contributed by atoms with E-state index in [4.69, 9.17) is 9.84 Å². The van der Waals surface area contributed by atoms with Gasteiger partial charge in [-0.2, -0.15) is 0 Å². The number of ether oxygens (including phenoxy) is 1. The van der Waals surface area contributed by atoms with Crippen molar-refractivity contribution in [1.29, 1.82) is 0 Å². The van der Waals surface area contributed by atoms with E-state index in [1.54, 1.807) is 11.3 Å². The molecule has 5 heteroatoms. The van der Waals surface area contributed by atoms with E-state index >= 15 is 0 Å². The van der Waals surface area contributed by atoms with Gasteiger partial charge in [-0.1, -0.05) is 0 Å². The molecule has 0 bridgehead atoms. The number of hydrogen-bond acceptors (Lipinski definition) is 3. The summed E-state index contributed by atoms with van der Waals surface area (Å²) in [6.45, 7) is 0.657. The van der Waals surface area contributed by atoms with Gasteiger partial charge >= 0.3 is 5.97 Å². The van der Waals surface area contributed by atoms with Crippen molar-refractivity contribution in [3.63, 3.8) is 0 Å². The summed E-state index contributed by atoms with van der Waals surface area (Å²) in [6, 6.07) is 3.86. The van der Waals surface area contributed by atoms with Crippen LogP contribution in [0.15, 0.2) is 15.9 Å². The third-order valence-corrected chi connectivity index (χ3v) is 4.20. The van der Waals surface area contributed by atoms with Gasteiger partial charge in [-0.05, 0) is 40.9 Å². The summed E-state index contributed by atoms with van der Waals surface area (Å²) in [7, 11) is 0. The van der Waals surface area contributed by atoms with E-state index in [0.717, 1.165) is 15.1 Å². The number of hydrogen-bond donors (Lipinski definition) is 1. The highest BCUT2D eigenvalue weighted by molar-refractivity contribution is 9.11. The minimum atomic E-state index is -0.760. The SMILES string of the molecule is O=C(O)C1CCCOC1c1ccc(Br)s1. The van der Waals surface area contributed by atoms with E-state index < -0.39 is 11.9 Å². The van der Waals surface area contributed by atoms with Crippen LogP contribution in [0.2, 0.25) is 0 Å². The lowest BCUT2D eigenvalue weighted by atomic mass is 9.93. The van der Waals surface area contributed by atoms with Crippen LogP contribution >= 0.6 is 27.3 Å². The van der Waals surface area contributed by atoms with Gasteiger partial charge in [0.1, 0.15) is 6.10 Å². The van der Waals surface area contributed by atoms with Crippen molar-refractivity contribution in [1.82, 2.24) is 0 Å². The largest absolute Gasteiger partial charge is 0.481 e.